The molecule has 1 saturated heterocycles. The van der Waals surface area contributed by atoms with Gasteiger partial charge >= 0.3 is 12.1 Å². The van der Waals surface area contributed by atoms with Gasteiger partial charge in [0.05, 0.1) is 11.7 Å². The van der Waals surface area contributed by atoms with Crippen molar-refractivity contribution >= 4 is 11.9 Å². The van der Waals surface area contributed by atoms with E-state index in [4.69, 9.17) is 9.90 Å². The van der Waals surface area contributed by atoms with Gasteiger partial charge in [-0.25, -0.2) is 14.5 Å². The van der Waals surface area contributed by atoms with Crippen molar-refractivity contribution in [2.75, 3.05) is 13.1 Å². The second-order valence-corrected chi connectivity index (χ2v) is 8.12. The number of amides is 1. The Morgan fingerprint density at radius 2 is 1.78 bits per heavy atom. The highest BCUT2D eigenvalue weighted by Crippen LogP contribution is 2.33. The number of carboxylic acids is 1. The zero-order valence-electron chi connectivity index (χ0n) is 17.8. The van der Waals surface area contributed by atoms with E-state index in [-0.39, 0.29) is 5.91 Å². The molecule has 0 atom stereocenters. The molecule has 2 aromatic rings. The molecular weight excluding hydrogens is 429 g/mol. The summed E-state index contributed by atoms with van der Waals surface area (Å²) < 4.78 is 35.7. The van der Waals surface area contributed by atoms with Gasteiger partial charge in [0.15, 0.2) is 0 Å². The normalized spacial score (nSPS) is 17.8. The lowest BCUT2D eigenvalue weighted by atomic mass is 10.0. The molecule has 1 aliphatic carbocycles. The van der Waals surface area contributed by atoms with E-state index in [0.29, 0.717) is 18.5 Å². The average Bonchev–Trinajstić information content (AvgIpc) is 3.50. The lowest BCUT2D eigenvalue weighted by molar-refractivity contribution is -0.192. The zero-order valence-corrected chi connectivity index (χ0v) is 17.8. The van der Waals surface area contributed by atoms with Gasteiger partial charge in [-0.3, -0.25) is 4.79 Å². The number of hydrogen-bond donors (Lipinski definition) is 1. The lowest BCUT2D eigenvalue weighted by Gasteiger charge is -2.32. The summed E-state index contributed by atoms with van der Waals surface area (Å²) in [6.07, 6.45) is 7.68. The smallest absolute Gasteiger partial charge is 0.475 e. The molecule has 2 aromatic heterocycles. The maximum absolute atomic E-state index is 12.5. The van der Waals surface area contributed by atoms with Crippen LogP contribution in [-0.2, 0) is 16.1 Å². The molecule has 1 saturated carbocycles. The Morgan fingerprint density at radius 3 is 2.31 bits per heavy atom. The number of carbonyl (C=O) groups is 2. The number of nitrogens with zero attached hydrogens (tertiary/aromatic N) is 6. The van der Waals surface area contributed by atoms with E-state index in [1.165, 1.54) is 25.7 Å². The van der Waals surface area contributed by atoms with Gasteiger partial charge in [-0.05, 0) is 32.6 Å². The van der Waals surface area contributed by atoms with Crippen LogP contribution in [0.15, 0.2) is 18.6 Å². The van der Waals surface area contributed by atoms with Gasteiger partial charge < -0.3 is 14.6 Å². The Labute approximate surface area is 183 Å². The van der Waals surface area contributed by atoms with Gasteiger partial charge in [0, 0.05) is 37.6 Å². The molecule has 9 nitrogen and oxygen atoms in total. The first-order valence-electron chi connectivity index (χ1n) is 10.6. The third-order valence-electron chi connectivity index (χ3n) is 5.96. The predicted octanol–water partition coefficient (Wildman–Crippen LogP) is 2.94. The van der Waals surface area contributed by atoms with Gasteiger partial charge in [0.2, 0.25) is 5.91 Å². The second-order valence-electron chi connectivity index (χ2n) is 8.12. The molecule has 0 bridgehead atoms. The van der Waals surface area contributed by atoms with Gasteiger partial charge in [-0.2, -0.15) is 13.2 Å². The fraction of sp³-hybridized carbons (Fsp3) is 0.650. The minimum Gasteiger partial charge on any atom is -0.475 e. The Hall–Kier alpha value is -2.92. The first-order valence-corrected chi connectivity index (χ1v) is 10.6. The molecule has 176 valence electrons. The van der Waals surface area contributed by atoms with E-state index < -0.39 is 12.1 Å². The summed E-state index contributed by atoms with van der Waals surface area (Å²) in [7, 11) is 0. The fourth-order valence-corrected chi connectivity index (χ4v) is 4.07. The topological polar surface area (TPSA) is 106 Å². The molecule has 0 aromatic carbocycles. The molecule has 4 rings (SSSR count). The van der Waals surface area contributed by atoms with Gasteiger partial charge in [-0.1, -0.05) is 18.1 Å². The van der Waals surface area contributed by atoms with E-state index in [1.54, 1.807) is 6.20 Å². The maximum Gasteiger partial charge on any atom is 0.490 e. The van der Waals surface area contributed by atoms with Gasteiger partial charge in [0.1, 0.15) is 12.4 Å². The number of carboxylic acid groups (broad SMARTS) is 1. The third-order valence-corrected chi connectivity index (χ3v) is 5.96. The van der Waals surface area contributed by atoms with Crippen LogP contribution in [0, 0.1) is 6.92 Å². The minimum absolute atomic E-state index is 0.171. The molecule has 0 spiro atoms. The Balaban J connectivity index is 0.000000360. The van der Waals surface area contributed by atoms with Crippen molar-refractivity contribution in [2.45, 2.75) is 70.1 Å². The molecule has 1 aliphatic heterocycles. The van der Waals surface area contributed by atoms with Gasteiger partial charge in [0.25, 0.3) is 0 Å². The van der Waals surface area contributed by atoms with Crippen molar-refractivity contribution < 1.29 is 27.9 Å². The Kier molecular flexibility index (Phi) is 7.52. The number of aryl methyl sites for hydroxylation is 1. The van der Waals surface area contributed by atoms with Crippen molar-refractivity contribution in [1.82, 2.24) is 29.4 Å². The van der Waals surface area contributed by atoms with Crippen LogP contribution in [0.5, 0.6) is 0 Å². The summed E-state index contributed by atoms with van der Waals surface area (Å²) in [5, 5.41) is 15.9. The molecule has 3 heterocycles. The fourth-order valence-electron chi connectivity index (χ4n) is 4.07. The Morgan fingerprint density at radius 1 is 1.16 bits per heavy atom. The molecule has 1 amide bonds. The minimum atomic E-state index is -5.08. The number of alkyl halides is 3. The molecule has 1 N–H and O–H groups in total. The number of aliphatic carboxylic acids is 1. The predicted molar refractivity (Wildman–Crippen MR) is 107 cm³/mol. The molecule has 2 fully saturated rings. The van der Waals surface area contributed by atoms with Crippen molar-refractivity contribution in [3.05, 3.63) is 30.1 Å². The van der Waals surface area contributed by atoms with Crippen LogP contribution < -0.4 is 0 Å². The largest absolute Gasteiger partial charge is 0.490 e. The number of carbonyl (C=O) groups excluding carboxylic acids is 1. The molecule has 32 heavy (non-hydrogen) atoms. The number of aromatic nitrogens is 5. The van der Waals surface area contributed by atoms with Crippen LogP contribution in [0.4, 0.5) is 13.2 Å². The summed E-state index contributed by atoms with van der Waals surface area (Å²) in [4.78, 5) is 27.5. The number of hydrogen-bond acceptors (Lipinski definition) is 5. The van der Waals surface area contributed by atoms with Crippen LogP contribution in [0.3, 0.4) is 0 Å². The van der Waals surface area contributed by atoms with Crippen LogP contribution in [0.2, 0.25) is 0 Å². The summed E-state index contributed by atoms with van der Waals surface area (Å²) >= 11 is 0. The summed E-state index contributed by atoms with van der Waals surface area (Å²) in [5.41, 5.74) is 1.16. The maximum atomic E-state index is 12.5. The third kappa shape index (κ3) is 6.07. The molecular formula is C20H27F3N6O3. The quantitative estimate of drug-likeness (QED) is 0.758. The monoisotopic (exact) mass is 456 g/mol. The van der Waals surface area contributed by atoms with E-state index in [1.807, 2.05) is 27.3 Å². The average molecular weight is 456 g/mol. The van der Waals surface area contributed by atoms with Crippen molar-refractivity contribution in [3.63, 3.8) is 0 Å². The Bertz CT molecular complexity index is 912. The van der Waals surface area contributed by atoms with Crippen molar-refractivity contribution in [2.24, 2.45) is 0 Å². The molecule has 0 unspecified atom stereocenters. The summed E-state index contributed by atoms with van der Waals surface area (Å²) in [5.74, 6) is -1.10. The van der Waals surface area contributed by atoms with Crippen LogP contribution >= 0.6 is 0 Å². The second kappa shape index (κ2) is 10.1. The van der Waals surface area contributed by atoms with Crippen molar-refractivity contribution in [3.8, 4) is 0 Å². The number of rotatable bonds is 4. The first kappa shape index (κ1) is 23.7. The van der Waals surface area contributed by atoms with E-state index >= 15 is 0 Å². The summed E-state index contributed by atoms with van der Waals surface area (Å²) in [6.45, 7) is 3.88. The molecule has 2 aliphatic rings. The van der Waals surface area contributed by atoms with Crippen LogP contribution in [0.1, 0.15) is 62.0 Å². The highest BCUT2D eigenvalue weighted by atomic mass is 19.4. The van der Waals surface area contributed by atoms with E-state index in [2.05, 4.69) is 21.5 Å². The number of piperidine rings is 1. The SMILES string of the molecule is Cc1nccn1CC(=O)N1CCC(n2cc(C3CCCC3)nn2)CC1.O=C(O)C(F)(F)F. The van der Waals surface area contributed by atoms with Crippen LogP contribution in [-0.4, -0.2) is 65.7 Å². The number of likely N-dealkylation sites (tertiary alicyclic amines) is 1. The van der Waals surface area contributed by atoms with E-state index in [0.717, 1.165) is 37.4 Å². The van der Waals surface area contributed by atoms with E-state index in [9.17, 15) is 18.0 Å². The lowest BCUT2D eigenvalue weighted by Crippen LogP contribution is -2.40. The molecule has 0 radical (unpaired) electrons. The first-order chi connectivity index (χ1) is 15.1. The molecule has 12 heteroatoms. The zero-order chi connectivity index (χ0) is 23.3. The van der Waals surface area contributed by atoms with Crippen LogP contribution in [0.25, 0.3) is 0 Å². The summed E-state index contributed by atoms with van der Waals surface area (Å²) in [6, 6.07) is 0.363. The number of imidazole rings is 1. The van der Waals surface area contributed by atoms with Crippen molar-refractivity contribution in [1.29, 1.82) is 0 Å². The van der Waals surface area contributed by atoms with Gasteiger partial charge in [-0.15, -0.1) is 5.10 Å². The highest BCUT2D eigenvalue weighted by molar-refractivity contribution is 5.76. The standard InChI is InChI=1S/C18H26N6O.C2HF3O2/c1-14-19-8-11-23(14)13-18(25)22-9-6-16(7-10-22)24-12-17(20-21-24)15-4-2-3-5-15;3-2(4,5)1(6)7/h8,11-12,15-16H,2-7,9-10,13H2,1H3;(H,6,7). The highest BCUT2D eigenvalue weighted by Gasteiger charge is 2.38. The number of halogens is 3.